The number of hydrogen-bond acceptors (Lipinski definition) is 5. The van der Waals surface area contributed by atoms with Gasteiger partial charge < -0.3 is 18.8 Å². The van der Waals surface area contributed by atoms with Crippen LogP contribution >= 0.6 is 0 Å². The van der Waals surface area contributed by atoms with Crippen LogP contribution in [0.15, 0.2) is 23.0 Å². The largest absolute Gasteiger partial charge is 0.493 e. The van der Waals surface area contributed by atoms with E-state index in [0.29, 0.717) is 23.7 Å². The fourth-order valence-electron chi connectivity index (χ4n) is 3.63. The van der Waals surface area contributed by atoms with E-state index < -0.39 is 12.1 Å². The third kappa shape index (κ3) is 1.89. The van der Waals surface area contributed by atoms with Gasteiger partial charge in [0, 0.05) is 18.2 Å². The van der Waals surface area contributed by atoms with Crippen LogP contribution in [-0.2, 0) is 17.7 Å². The Hall–Kier alpha value is -2.76. The van der Waals surface area contributed by atoms with Crippen molar-refractivity contribution in [3.8, 4) is 22.8 Å². The second-order valence-electron chi connectivity index (χ2n) is 5.97. The van der Waals surface area contributed by atoms with Crippen LogP contribution < -0.4 is 14.9 Å². The molecule has 2 aromatic rings. The molecule has 2 aliphatic heterocycles. The van der Waals surface area contributed by atoms with Gasteiger partial charge in [0.2, 0.25) is 0 Å². The Morgan fingerprint density at radius 2 is 1.83 bits per heavy atom. The van der Waals surface area contributed by atoms with Crippen LogP contribution in [0.4, 0.5) is 0 Å². The third-order valence-corrected chi connectivity index (χ3v) is 4.72. The number of benzene rings is 1. The monoisotopic (exact) mass is 327 g/mol. The van der Waals surface area contributed by atoms with Gasteiger partial charge in [0.15, 0.2) is 16.9 Å². The van der Waals surface area contributed by atoms with Gasteiger partial charge in [-0.25, -0.2) is 4.79 Å². The average Bonchev–Trinajstić information content (AvgIpc) is 2.89. The number of carbonyl (C=O) groups excluding carboxylic acids is 1. The Balaban J connectivity index is 2.01. The van der Waals surface area contributed by atoms with Crippen molar-refractivity contribution in [1.29, 1.82) is 0 Å². The van der Waals surface area contributed by atoms with E-state index in [1.165, 1.54) is 6.07 Å². The summed E-state index contributed by atoms with van der Waals surface area (Å²) in [4.78, 5) is 24.4. The molecule has 0 amide bonds. The highest BCUT2D eigenvalue weighted by Gasteiger charge is 2.35. The summed E-state index contributed by atoms with van der Waals surface area (Å²) in [6.45, 7) is 2.47. The fraction of sp³-hybridized carbons (Fsp3) is 0.333. The molecule has 0 unspecified atom stereocenters. The van der Waals surface area contributed by atoms with E-state index in [0.717, 1.165) is 23.2 Å². The number of hydrogen-bond donors (Lipinski definition) is 0. The van der Waals surface area contributed by atoms with Gasteiger partial charge >= 0.3 is 5.97 Å². The van der Waals surface area contributed by atoms with E-state index in [9.17, 15) is 9.59 Å². The molecule has 2 aliphatic rings. The Kier molecular flexibility index (Phi) is 3.16. The van der Waals surface area contributed by atoms with Crippen molar-refractivity contribution in [2.24, 2.45) is 0 Å². The van der Waals surface area contributed by atoms with Crippen LogP contribution in [-0.4, -0.2) is 24.8 Å². The van der Waals surface area contributed by atoms with Gasteiger partial charge in [0.1, 0.15) is 11.7 Å². The first kappa shape index (κ1) is 14.8. The molecule has 0 N–H and O–H groups in total. The van der Waals surface area contributed by atoms with Crippen LogP contribution in [0.5, 0.6) is 11.5 Å². The Morgan fingerprint density at radius 1 is 1.12 bits per heavy atom. The molecule has 0 saturated carbocycles. The van der Waals surface area contributed by atoms with Crippen molar-refractivity contribution < 1.29 is 19.0 Å². The number of aryl methyl sites for hydroxylation is 1. The quantitative estimate of drug-likeness (QED) is 0.792. The number of nitrogens with zero attached hydrogens (tertiary/aromatic N) is 1. The first-order valence-corrected chi connectivity index (χ1v) is 7.79. The average molecular weight is 327 g/mol. The summed E-state index contributed by atoms with van der Waals surface area (Å²) in [6, 6.07) is 5.34. The zero-order valence-electron chi connectivity index (χ0n) is 13.7. The number of pyridine rings is 1. The molecule has 24 heavy (non-hydrogen) atoms. The molecule has 1 aromatic carbocycles. The number of esters is 1. The molecule has 0 bridgehead atoms. The maximum absolute atomic E-state index is 12.5. The smallest absolute Gasteiger partial charge is 0.344 e. The van der Waals surface area contributed by atoms with Crippen molar-refractivity contribution in [1.82, 2.24) is 4.57 Å². The molecular formula is C18H17NO5. The molecule has 6 nitrogen and oxygen atoms in total. The fourth-order valence-corrected chi connectivity index (χ4v) is 3.63. The van der Waals surface area contributed by atoms with Crippen LogP contribution in [0.1, 0.15) is 34.6 Å². The van der Waals surface area contributed by atoms with Crippen molar-refractivity contribution in [3.05, 3.63) is 45.2 Å². The van der Waals surface area contributed by atoms with Crippen LogP contribution in [0.2, 0.25) is 0 Å². The van der Waals surface area contributed by atoms with Crippen molar-refractivity contribution in [2.45, 2.75) is 26.0 Å². The molecule has 6 heteroatoms. The number of rotatable bonds is 2. The minimum absolute atomic E-state index is 0.162. The Morgan fingerprint density at radius 3 is 2.54 bits per heavy atom. The second kappa shape index (κ2) is 5.12. The lowest BCUT2D eigenvalue weighted by Crippen LogP contribution is -2.23. The number of ether oxygens (including phenoxy) is 3. The van der Waals surface area contributed by atoms with Gasteiger partial charge in [-0.3, -0.25) is 4.79 Å². The molecule has 1 aromatic heterocycles. The van der Waals surface area contributed by atoms with Gasteiger partial charge in [0.25, 0.3) is 0 Å². The number of cyclic esters (lactones) is 1. The Labute approximate surface area is 138 Å². The molecule has 4 rings (SSSR count). The molecule has 3 heterocycles. The topological polar surface area (TPSA) is 66.8 Å². The van der Waals surface area contributed by atoms with Gasteiger partial charge in [-0.05, 0) is 31.0 Å². The summed E-state index contributed by atoms with van der Waals surface area (Å²) in [7, 11) is 3.18. The highest BCUT2D eigenvalue weighted by atomic mass is 16.5. The van der Waals surface area contributed by atoms with Crippen LogP contribution in [0, 0.1) is 0 Å². The first-order valence-electron chi connectivity index (χ1n) is 7.79. The Bertz CT molecular complexity index is 928. The van der Waals surface area contributed by atoms with Gasteiger partial charge in [0.05, 0.1) is 25.6 Å². The third-order valence-electron chi connectivity index (χ3n) is 4.72. The van der Waals surface area contributed by atoms with Crippen molar-refractivity contribution in [2.75, 3.05) is 14.2 Å². The molecule has 1 atom stereocenters. The minimum Gasteiger partial charge on any atom is -0.493 e. The standard InChI is InChI=1S/C18H17NO5/c1-9-17-16(18(21)24-9)13(20)8-12-11-7-15(23-3)14(22-2)6-10(11)4-5-19(12)17/h6-9H,4-5H2,1-3H3/t9-/m0/s1. The lowest BCUT2D eigenvalue weighted by atomic mass is 9.94. The van der Waals surface area contributed by atoms with E-state index >= 15 is 0 Å². The summed E-state index contributed by atoms with van der Waals surface area (Å²) < 4.78 is 18.0. The minimum atomic E-state index is -0.532. The van der Waals surface area contributed by atoms with Gasteiger partial charge in [-0.1, -0.05) is 0 Å². The number of methoxy groups -OCH3 is 2. The van der Waals surface area contributed by atoms with Crippen molar-refractivity contribution in [3.63, 3.8) is 0 Å². The van der Waals surface area contributed by atoms with E-state index in [2.05, 4.69) is 0 Å². The van der Waals surface area contributed by atoms with E-state index in [-0.39, 0.29) is 11.0 Å². The normalized spacial score (nSPS) is 17.6. The predicted octanol–water partition coefficient (Wildman–Crippen LogP) is 2.32. The van der Waals surface area contributed by atoms with Gasteiger partial charge in [-0.15, -0.1) is 0 Å². The molecule has 0 fully saturated rings. The predicted molar refractivity (Wildman–Crippen MR) is 86.8 cm³/mol. The number of fused-ring (bicyclic) bond motifs is 5. The molecule has 0 spiro atoms. The summed E-state index contributed by atoms with van der Waals surface area (Å²) in [5.41, 5.74) is 3.33. The number of aromatic nitrogens is 1. The van der Waals surface area contributed by atoms with E-state index in [1.807, 2.05) is 16.7 Å². The molecule has 0 radical (unpaired) electrons. The highest BCUT2D eigenvalue weighted by molar-refractivity contribution is 5.94. The zero-order valence-corrected chi connectivity index (χ0v) is 13.7. The lowest BCUT2D eigenvalue weighted by molar-refractivity contribution is 0.0413. The maximum Gasteiger partial charge on any atom is 0.344 e. The SMILES string of the molecule is COc1cc2c(cc1OC)-c1cc(=O)c3c(n1CC2)[C@H](C)OC3=O. The summed E-state index contributed by atoms with van der Waals surface area (Å²) in [5.74, 6) is 0.744. The van der Waals surface area contributed by atoms with E-state index in [1.54, 1.807) is 21.1 Å². The van der Waals surface area contributed by atoms with Gasteiger partial charge in [-0.2, -0.15) is 0 Å². The maximum atomic E-state index is 12.5. The number of carbonyl (C=O) groups is 1. The lowest BCUT2D eigenvalue weighted by Gasteiger charge is -2.26. The van der Waals surface area contributed by atoms with E-state index in [4.69, 9.17) is 14.2 Å². The van der Waals surface area contributed by atoms with Crippen molar-refractivity contribution >= 4 is 5.97 Å². The highest BCUT2D eigenvalue weighted by Crippen LogP contribution is 2.40. The zero-order chi connectivity index (χ0) is 17.0. The second-order valence-corrected chi connectivity index (χ2v) is 5.97. The summed E-state index contributed by atoms with van der Waals surface area (Å²) in [5, 5.41) is 0. The molecule has 0 aliphatic carbocycles. The molecule has 0 saturated heterocycles. The van der Waals surface area contributed by atoms with Crippen LogP contribution in [0.25, 0.3) is 11.3 Å². The summed E-state index contributed by atoms with van der Waals surface area (Å²) >= 11 is 0. The summed E-state index contributed by atoms with van der Waals surface area (Å²) in [6.07, 6.45) is 0.362. The first-order chi connectivity index (χ1) is 11.5. The molecule has 124 valence electrons. The molecular weight excluding hydrogens is 310 g/mol. The van der Waals surface area contributed by atoms with Crippen LogP contribution in [0.3, 0.4) is 0 Å².